The van der Waals surface area contributed by atoms with E-state index in [4.69, 9.17) is 4.74 Å². The lowest BCUT2D eigenvalue weighted by atomic mass is 10.2. The fourth-order valence-corrected chi connectivity index (χ4v) is 2.82. The Hall–Kier alpha value is -3.67. The third kappa shape index (κ3) is 5.42. The first-order valence-corrected chi connectivity index (χ1v) is 9.19. The van der Waals surface area contributed by atoms with E-state index in [1.165, 1.54) is 24.0 Å². The van der Waals surface area contributed by atoms with Gasteiger partial charge < -0.3 is 15.0 Å². The van der Waals surface area contributed by atoms with Gasteiger partial charge in [-0.25, -0.2) is 4.39 Å². The van der Waals surface area contributed by atoms with Crippen LogP contribution in [0.2, 0.25) is 0 Å². The SMILES string of the molecule is CC(=O)N(CCC(=O)Nc1ccccc1Oc1ccccc1)c1ccccc1F. The summed E-state index contributed by atoms with van der Waals surface area (Å²) in [6, 6.07) is 22.3. The van der Waals surface area contributed by atoms with E-state index in [-0.39, 0.29) is 30.5 Å². The van der Waals surface area contributed by atoms with Crippen LogP contribution in [0.25, 0.3) is 0 Å². The van der Waals surface area contributed by atoms with Crippen LogP contribution in [0, 0.1) is 5.82 Å². The molecule has 0 saturated heterocycles. The highest BCUT2D eigenvalue weighted by molar-refractivity contribution is 5.95. The minimum atomic E-state index is -0.510. The molecule has 0 aliphatic rings. The van der Waals surface area contributed by atoms with Gasteiger partial charge in [0.1, 0.15) is 11.6 Å². The highest BCUT2D eigenvalue weighted by Gasteiger charge is 2.17. The number of hydrogen-bond acceptors (Lipinski definition) is 3. The number of nitrogens with zero attached hydrogens (tertiary/aromatic N) is 1. The molecule has 3 aromatic rings. The van der Waals surface area contributed by atoms with Crippen molar-refractivity contribution in [1.29, 1.82) is 0 Å². The number of hydrogen-bond donors (Lipinski definition) is 1. The normalized spacial score (nSPS) is 10.3. The first-order valence-electron chi connectivity index (χ1n) is 9.19. The first kappa shape index (κ1) is 20.1. The zero-order chi connectivity index (χ0) is 20.6. The molecule has 0 saturated carbocycles. The standard InChI is InChI=1S/C23H21FN2O3/c1-17(27)26(21-13-7-5-11-19(21)24)16-15-23(28)25-20-12-6-8-14-22(20)29-18-9-3-2-4-10-18/h2-14H,15-16H2,1H3,(H,25,28). The molecule has 0 bridgehead atoms. The summed E-state index contributed by atoms with van der Waals surface area (Å²) in [5.41, 5.74) is 0.669. The summed E-state index contributed by atoms with van der Waals surface area (Å²) in [7, 11) is 0. The van der Waals surface area contributed by atoms with E-state index in [1.807, 2.05) is 36.4 Å². The van der Waals surface area contributed by atoms with Crippen molar-refractivity contribution in [3.8, 4) is 11.5 Å². The van der Waals surface area contributed by atoms with E-state index in [9.17, 15) is 14.0 Å². The Kier molecular flexibility index (Phi) is 6.58. The van der Waals surface area contributed by atoms with Crippen LogP contribution in [-0.4, -0.2) is 18.4 Å². The van der Waals surface area contributed by atoms with Crippen molar-refractivity contribution in [2.75, 3.05) is 16.8 Å². The average molecular weight is 392 g/mol. The molecular formula is C23H21FN2O3. The summed E-state index contributed by atoms with van der Waals surface area (Å²) in [5.74, 6) is -0.00166. The van der Waals surface area contributed by atoms with E-state index in [1.54, 1.807) is 30.3 Å². The smallest absolute Gasteiger partial charge is 0.226 e. The van der Waals surface area contributed by atoms with Gasteiger partial charge in [0.15, 0.2) is 5.75 Å². The number of benzene rings is 3. The molecule has 1 N–H and O–H groups in total. The Labute approximate surface area is 168 Å². The van der Waals surface area contributed by atoms with Crippen LogP contribution in [0.4, 0.5) is 15.8 Å². The van der Waals surface area contributed by atoms with Crippen LogP contribution in [0.5, 0.6) is 11.5 Å². The van der Waals surface area contributed by atoms with Crippen LogP contribution < -0.4 is 15.0 Å². The Morgan fingerprint density at radius 3 is 2.31 bits per heavy atom. The topological polar surface area (TPSA) is 58.6 Å². The predicted molar refractivity (Wildman–Crippen MR) is 111 cm³/mol. The molecule has 29 heavy (non-hydrogen) atoms. The number of nitrogens with one attached hydrogen (secondary N) is 1. The van der Waals surface area contributed by atoms with E-state index in [2.05, 4.69) is 5.32 Å². The monoisotopic (exact) mass is 392 g/mol. The molecule has 0 unspecified atom stereocenters. The first-order chi connectivity index (χ1) is 14.0. The van der Waals surface area contributed by atoms with Crippen molar-refractivity contribution in [3.05, 3.63) is 84.7 Å². The van der Waals surface area contributed by atoms with Crippen LogP contribution >= 0.6 is 0 Å². The van der Waals surface area contributed by atoms with E-state index in [0.717, 1.165) is 0 Å². The van der Waals surface area contributed by atoms with Gasteiger partial charge in [-0.1, -0.05) is 42.5 Å². The van der Waals surface area contributed by atoms with Crippen molar-refractivity contribution < 1.29 is 18.7 Å². The second-order valence-corrected chi connectivity index (χ2v) is 6.33. The number of para-hydroxylation sites is 4. The fraction of sp³-hybridized carbons (Fsp3) is 0.130. The lowest BCUT2D eigenvalue weighted by Crippen LogP contribution is -2.32. The number of carbonyl (C=O) groups is 2. The number of amides is 2. The maximum Gasteiger partial charge on any atom is 0.226 e. The number of halogens is 1. The number of ether oxygens (including phenoxy) is 1. The summed E-state index contributed by atoms with van der Waals surface area (Å²) < 4.78 is 19.9. The van der Waals surface area contributed by atoms with Gasteiger partial charge >= 0.3 is 0 Å². The van der Waals surface area contributed by atoms with Crippen molar-refractivity contribution in [3.63, 3.8) is 0 Å². The summed E-state index contributed by atoms with van der Waals surface area (Å²) in [5, 5.41) is 2.80. The lowest BCUT2D eigenvalue weighted by Gasteiger charge is -2.21. The summed E-state index contributed by atoms with van der Waals surface area (Å²) >= 11 is 0. The molecular weight excluding hydrogens is 371 g/mol. The van der Waals surface area contributed by atoms with E-state index >= 15 is 0 Å². The highest BCUT2D eigenvalue weighted by atomic mass is 19.1. The quantitative estimate of drug-likeness (QED) is 0.616. The van der Waals surface area contributed by atoms with Crippen LogP contribution in [0.1, 0.15) is 13.3 Å². The lowest BCUT2D eigenvalue weighted by molar-refractivity contribution is -0.117. The Morgan fingerprint density at radius 2 is 1.59 bits per heavy atom. The number of rotatable bonds is 7. The van der Waals surface area contributed by atoms with E-state index in [0.29, 0.717) is 17.2 Å². The molecule has 0 spiro atoms. The number of carbonyl (C=O) groups excluding carboxylic acids is 2. The molecule has 0 heterocycles. The molecule has 0 aliphatic carbocycles. The fourth-order valence-electron chi connectivity index (χ4n) is 2.82. The van der Waals surface area contributed by atoms with Crippen molar-refractivity contribution >= 4 is 23.2 Å². The Morgan fingerprint density at radius 1 is 0.931 bits per heavy atom. The third-order valence-electron chi connectivity index (χ3n) is 4.22. The van der Waals surface area contributed by atoms with Gasteiger partial charge in [0, 0.05) is 19.9 Å². The molecule has 0 fully saturated rings. The van der Waals surface area contributed by atoms with Gasteiger partial charge in [0.2, 0.25) is 11.8 Å². The maximum absolute atomic E-state index is 14.0. The minimum Gasteiger partial charge on any atom is -0.455 e. The molecule has 6 heteroatoms. The summed E-state index contributed by atoms with van der Waals surface area (Å²) in [6.07, 6.45) is 0.00753. The number of anilines is 2. The Bertz CT molecular complexity index is 992. The van der Waals surface area contributed by atoms with Gasteiger partial charge in [-0.15, -0.1) is 0 Å². The molecule has 148 valence electrons. The zero-order valence-electron chi connectivity index (χ0n) is 16.0. The maximum atomic E-state index is 14.0. The van der Waals surface area contributed by atoms with E-state index < -0.39 is 5.82 Å². The van der Waals surface area contributed by atoms with Crippen molar-refractivity contribution in [1.82, 2.24) is 0 Å². The van der Waals surface area contributed by atoms with Crippen molar-refractivity contribution in [2.24, 2.45) is 0 Å². The molecule has 3 aromatic carbocycles. The molecule has 2 amide bonds. The van der Waals surface area contributed by atoms with Gasteiger partial charge in [0.25, 0.3) is 0 Å². The zero-order valence-corrected chi connectivity index (χ0v) is 16.0. The van der Waals surface area contributed by atoms with Crippen LogP contribution in [-0.2, 0) is 9.59 Å². The van der Waals surface area contributed by atoms with Crippen LogP contribution in [0.15, 0.2) is 78.9 Å². The summed E-state index contributed by atoms with van der Waals surface area (Å²) in [4.78, 5) is 25.6. The average Bonchev–Trinajstić information content (AvgIpc) is 2.71. The van der Waals surface area contributed by atoms with Gasteiger partial charge in [-0.3, -0.25) is 9.59 Å². The van der Waals surface area contributed by atoms with Crippen molar-refractivity contribution in [2.45, 2.75) is 13.3 Å². The Balaban J connectivity index is 1.66. The largest absolute Gasteiger partial charge is 0.455 e. The van der Waals surface area contributed by atoms with Gasteiger partial charge in [-0.05, 0) is 36.4 Å². The summed E-state index contributed by atoms with van der Waals surface area (Å²) in [6.45, 7) is 1.40. The molecule has 0 aromatic heterocycles. The van der Waals surface area contributed by atoms with Gasteiger partial charge in [0.05, 0.1) is 11.4 Å². The predicted octanol–water partition coefficient (Wildman–Crippen LogP) is 5.00. The van der Waals surface area contributed by atoms with Gasteiger partial charge in [-0.2, -0.15) is 0 Å². The second kappa shape index (κ2) is 9.50. The molecule has 0 aliphatic heterocycles. The molecule has 0 radical (unpaired) electrons. The molecule has 0 atom stereocenters. The minimum absolute atomic E-state index is 0.00753. The second-order valence-electron chi connectivity index (χ2n) is 6.33. The molecule has 5 nitrogen and oxygen atoms in total. The third-order valence-corrected chi connectivity index (χ3v) is 4.22. The van der Waals surface area contributed by atoms with Crippen LogP contribution in [0.3, 0.4) is 0 Å². The molecule has 3 rings (SSSR count). The highest BCUT2D eigenvalue weighted by Crippen LogP contribution is 2.29.